The molecule has 0 radical (unpaired) electrons. The molecule has 0 unspecified atom stereocenters. The van der Waals surface area contributed by atoms with Crippen molar-refractivity contribution >= 4 is 98.0 Å². The van der Waals surface area contributed by atoms with E-state index in [0.717, 1.165) is 0 Å². The summed E-state index contributed by atoms with van der Waals surface area (Å²) in [5.74, 6) is 0. The Labute approximate surface area is 132 Å². The SMILES string of the molecule is Cl.Cl.Cl.[Ca+2].[H-].[H-].[H-].[H-].[H-].[Mg+2].[Na+]. The van der Waals surface area contributed by atoms with Crippen molar-refractivity contribution in [1.82, 2.24) is 0 Å². The molecule has 0 aliphatic heterocycles. The minimum atomic E-state index is 0. The molecule has 0 rings (SSSR count). The van der Waals surface area contributed by atoms with Gasteiger partial charge in [0.2, 0.25) is 0 Å². The summed E-state index contributed by atoms with van der Waals surface area (Å²) >= 11 is 0. The van der Waals surface area contributed by atoms with Gasteiger partial charge >= 0.3 is 90.3 Å². The predicted molar refractivity (Wildman–Crippen MR) is 38.8 cm³/mol. The quantitative estimate of drug-likeness (QED) is 0.401. The van der Waals surface area contributed by atoms with Crippen molar-refractivity contribution in [3.05, 3.63) is 0 Å². The average Bonchev–Trinajstić information content (AvgIpc) is 0. The molecule has 0 spiro atoms. The van der Waals surface area contributed by atoms with Crippen LogP contribution in [-0.2, 0) is 0 Å². The number of rotatable bonds is 0. The van der Waals surface area contributed by atoms with Gasteiger partial charge in [-0.15, -0.1) is 37.2 Å². The van der Waals surface area contributed by atoms with Crippen LogP contribution in [0.2, 0.25) is 0 Å². The molecule has 0 aromatic carbocycles. The van der Waals surface area contributed by atoms with Gasteiger partial charge < -0.3 is 7.13 Å². The van der Waals surface area contributed by atoms with Crippen LogP contribution in [0, 0.1) is 0 Å². The number of halogens is 3. The summed E-state index contributed by atoms with van der Waals surface area (Å²) in [5, 5.41) is 0. The summed E-state index contributed by atoms with van der Waals surface area (Å²) in [6.07, 6.45) is 0. The molecule has 0 atom stereocenters. The number of hydrogen-bond donors (Lipinski definition) is 0. The van der Waals surface area contributed by atoms with Crippen molar-refractivity contribution in [3.63, 3.8) is 0 Å². The molecule has 6 heavy (non-hydrogen) atoms. The Morgan fingerprint density at radius 3 is 0.833 bits per heavy atom. The molecular weight excluding hydrogens is 194 g/mol. The van der Waals surface area contributed by atoms with E-state index in [-0.39, 0.29) is 135 Å². The molecule has 0 aromatic heterocycles. The Morgan fingerprint density at radius 1 is 0.833 bits per heavy atom. The summed E-state index contributed by atoms with van der Waals surface area (Å²) in [5.41, 5.74) is 0. The molecule has 0 aliphatic carbocycles. The maximum atomic E-state index is 0. The van der Waals surface area contributed by atoms with Crippen molar-refractivity contribution in [1.29, 1.82) is 0 Å². The van der Waals surface area contributed by atoms with Gasteiger partial charge in [0.15, 0.2) is 0 Å². The molecule has 0 aliphatic rings. The molecule has 0 amide bonds. The van der Waals surface area contributed by atoms with Crippen LogP contribution in [0.3, 0.4) is 0 Å². The van der Waals surface area contributed by atoms with Crippen LogP contribution in [0.15, 0.2) is 0 Å². The summed E-state index contributed by atoms with van der Waals surface area (Å²) in [7, 11) is 0. The smallest absolute Gasteiger partial charge is 1.00 e. The molecule has 6 heteroatoms. The van der Waals surface area contributed by atoms with Crippen molar-refractivity contribution in [3.8, 4) is 0 Å². The van der Waals surface area contributed by atoms with Gasteiger partial charge in [-0.1, -0.05) is 0 Å². The second-order valence-corrected chi connectivity index (χ2v) is 0. The van der Waals surface area contributed by atoms with Crippen LogP contribution < -0.4 is 29.6 Å². The van der Waals surface area contributed by atoms with Crippen LogP contribution in [-0.4, -0.2) is 60.8 Å². The standard InChI is InChI=1S/Ca.3ClH.Mg.Na.5H/h;3*1H;;;;;;;/q+2;;;;+2;+1;5*-1. The minimum Gasteiger partial charge on any atom is -1.00 e. The largest absolute Gasteiger partial charge is 2.00 e. The van der Waals surface area contributed by atoms with Gasteiger partial charge in [0.1, 0.15) is 0 Å². The second kappa shape index (κ2) is 36.5. The summed E-state index contributed by atoms with van der Waals surface area (Å²) in [6.45, 7) is 0. The van der Waals surface area contributed by atoms with E-state index in [4.69, 9.17) is 0 Å². The van der Waals surface area contributed by atoms with Gasteiger partial charge in [-0.3, -0.25) is 0 Å². The number of hydrogen-bond acceptors (Lipinski definition) is 0. The van der Waals surface area contributed by atoms with Gasteiger partial charge in [-0.2, -0.15) is 0 Å². The Kier molecular flexibility index (Phi) is 314. The van der Waals surface area contributed by atoms with Gasteiger partial charge in [0, 0.05) is 0 Å². The van der Waals surface area contributed by atoms with Crippen molar-refractivity contribution < 1.29 is 36.7 Å². The zero-order valence-electron chi connectivity index (χ0n) is 8.64. The van der Waals surface area contributed by atoms with Crippen LogP contribution in [0.1, 0.15) is 7.13 Å². The Balaban J connectivity index is 0. The Hall–Kier alpha value is 3.90. The van der Waals surface area contributed by atoms with E-state index in [1.807, 2.05) is 0 Å². The van der Waals surface area contributed by atoms with Crippen molar-refractivity contribution in [2.24, 2.45) is 0 Å². The molecule has 0 N–H and O–H groups in total. The van der Waals surface area contributed by atoms with Crippen molar-refractivity contribution in [2.75, 3.05) is 0 Å². The molecule has 0 nitrogen and oxygen atoms in total. The van der Waals surface area contributed by atoms with E-state index in [2.05, 4.69) is 0 Å². The van der Waals surface area contributed by atoms with Crippen molar-refractivity contribution in [2.45, 2.75) is 0 Å². The molecular formula is H8CaCl3MgNa. The predicted octanol–water partition coefficient (Wildman–Crippen LogP) is -1.93. The zero-order chi connectivity index (χ0) is 0. The van der Waals surface area contributed by atoms with Crippen LogP contribution in [0.4, 0.5) is 0 Å². The topological polar surface area (TPSA) is 0 Å². The maximum absolute atomic E-state index is 0. The summed E-state index contributed by atoms with van der Waals surface area (Å²) < 4.78 is 0. The fraction of sp³-hybridized carbons (Fsp3) is 0. The van der Waals surface area contributed by atoms with E-state index >= 15 is 0 Å². The van der Waals surface area contributed by atoms with Crippen LogP contribution >= 0.6 is 37.2 Å². The molecule has 0 fully saturated rings. The third-order valence-electron chi connectivity index (χ3n) is 0. The third-order valence-corrected chi connectivity index (χ3v) is 0. The van der Waals surface area contributed by atoms with E-state index in [0.29, 0.717) is 0 Å². The summed E-state index contributed by atoms with van der Waals surface area (Å²) in [4.78, 5) is 0. The normalized spacial score (nSPS) is 0. The molecule has 0 saturated heterocycles. The first kappa shape index (κ1) is 51.6. The first-order chi connectivity index (χ1) is 0. The molecule has 0 aromatic rings. The molecule has 0 bridgehead atoms. The maximum Gasteiger partial charge on any atom is 2.00 e. The Morgan fingerprint density at radius 2 is 0.833 bits per heavy atom. The van der Waals surface area contributed by atoms with Gasteiger partial charge in [-0.05, 0) is 0 Å². The Bertz CT molecular complexity index is 21.7. The molecule has 0 heterocycles. The zero-order valence-corrected chi connectivity index (χ0v) is 11.7. The third kappa shape index (κ3) is 24.7. The first-order valence-corrected chi connectivity index (χ1v) is 0. The first-order valence-electron chi connectivity index (χ1n) is 0. The monoisotopic (exact) mass is 200 g/mol. The second-order valence-electron chi connectivity index (χ2n) is 0. The van der Waals surface area contributed by atoms with Gasteiger partial charge in [-0.25, -0.2) is 0 Å². The molecule has 0 saturated carbocycles. The van der Waals surface area contributed by atoms with E-state index in [1.54, 1.807) is 0 Å². The van der Waals surface area contributed by atoms with E-state index in [9.17, 15) is 0 Å². The van der Waals surface area contributed by atoms with Crippen LogP contribution in [0.5, 0.6) is 0 Å². The van der Waals surface area contributed by atoms with E-state index in [1.165, 1.54) is 0 Å². The average molecular weight is 202 g/mol. The fourth-order valence-corrected chi connectivity index (χ4v) is 0. The van der Waals surface area contributed by atoms with Crippen LogP contribution in [0.25, 0.3) is 0 Å². The van der Waals surface area contributed by atoms with E-state index < -0.39 is 0 Å². The molecule has 34 valence electrons. The van der Waals surface area contributed by atoms with Gasteiger partial charge in [0.25, 0.3) is 0 Å². The summed E-state index contributed by atoms with van der Waals surface area (Å²) in [6, 6.07) is 0. The fourth-order valence-electron chi connectivity index (χ4n) is 0. The van der Waals surface area contributed by atoms with Gasteiger partial charge in [0.05, 0.1) is 0 Å². The minimum absolute atomic E-state index is 0.